The molecule has 0 radical (unpaired) electrons. The number of nitrogens with zero attached hydrogens (tertiary/aromatic N) is 1. The van der Waals surface area contributed by atoms with Crippen LogP contribution in [0.2, 0.25) is 0 Å². The van der Waals surface area contributed by atoms with Crippen molar-refractivity contribution in [2.45, 2.75) is 26.3 Å². The maximum absolute atomic E-state index is 8.36. The second kappa shape index (κ2) is 3.76. The Morgan fingerprint density at radius 1 is 1.83 bits per heavy atom. The van der Waals surface area contributed by atoms with Crippen molar-refractivity contribution in [2.75, 3.05) is 6.54 Å². The molecule has 0 aromatic heterocycles. The topological polar surface area (TPSA) is 70.6 Å². The van der Waals surface area contributed by atoms with Gasteiger partial charge in [-0.1, -0.05) is 12.1 Å². The van der Waals surface area contributed by atoms with E-state index in [4.69, 9.17) is 10.9 Å². The van der Waals surface area contributed by atoms with E-state index in [1.807, 2.05) is 6.92 Å². The van der Waals surface area contributed by atoms with Crippen LogP contribution in [0.25, 0.3) is 0 Å². The van der Waals surface area contributed by atoms with Gasteiger partial charge in [0.25, 0.3) is 0 Å². The fraction of sp³-hybridized carbons (Fsp3) is 0.875. The molecule has 1 rings (SSSR count). The molecule has 3 atom stereocenters. The van der Waals surface area contributed by atoms with Crippen LogP contribution in [0.4, 0.5) is 0 Å². The van der Waals surface area contributed by atoms with Gasteiger partial charge in [-0.05, 0) is 31.7 Å². The van der Waals surface area contributed by atoms with Crippen LogP contribution in [-0.4, -0.2) is 23.6 Å². The molecule has 0 spiro atoms. The Kier molecular flexibility index (Phi) is 2.92. The molecule has 4 heteroatoms. The Hall–Kier alpha value is -0.770. The molecule has 70 valence electrons. The average Bonchev–Trinajstić information content (AvgIpc) is 2.76. The van der Waals surface area contributed by atoms with Crippen LogP contribution in [0.15, 0.2) is 5.16 Å². The van der Waals surface area contributed by atoms with E-state index in [2.05, 4.69) is 17.4 Å². The van der Waals surface area contributed by atoms with E-state index < -0.39 is 0 Å². The van der Waals surface area contributed by atoms with E-state index in [-0.39, 0.29) is 11.9 Å². The van der Waals surface area contributed by atoms with Crippen molar-refractivity contribution in [3.63, 3.8) is 0 Å². The van der Waals surface area contributed by atoms with Crippen LogP contribution in [0.1, 0.15) is 20.3 Å². The Labute approximate surface area is 72.8 Å². The molecule has 4 nitrogen and oxygen atoms in total. The summed E-state index contributed by atoms with van der Waals surface area (Å²) in [4.78, 5) is 0. The van der Waals surface area contributed by atoms with E-state index in [9.17, 15) is 0 Å². The summed E-state index contributed by atoms with van der Waals surface area (Å²) in [5, 5.41) is 14.5. The molecule has 1 aliphatic carbocycles. The van der Waals surface area contributed by atoms with Gasteiger partial charge >= 0.3 is 0 Å². The number of hydrogen-bond acceptors (Lipinski definition) is 3. The molecule has 0 saturated heterocycles. The van der Waals surface area contributed by atoms with Crippen molar-refractivity contribution in [2.24, 2.45) is 22.7 Å². The third-order valence-corrected chi connectivity index (χ3v) is 2.52. The minimum Gasteiger partial charge on any atom is -0.409 e. The van der Waals surface area contributed by atoms with E-state index in [1.54, 1.807) is 0 Å². The predicted molar refractivity (Wildman–Crippen MR) is 48.1 cm³/mol. The second-order valence-corrected chi connectivity index (χ2v) is 3.63. The molecular weight excluding hydrogens is 154 g/mol. The minimum atomic E-state index is -0.0252. The van der Waals surface area contributed by atoms with E-state index >= 15 is 0 Å². The average molecular weight is 171 g/mol. The van der Waals surface area contributed by atoms with Gasteiger partial charge in [-0.2, -0.15) is 0 Å². The normalized spacial score (nSPS) is 31.7. The number of amidine groups is 1. The molecule has 0 bridgehead atoms. The molecule has 0 aromatic carbocycles. The lowest BCUT2D eigenvalue weighted by molar-refractivity contribution is 0.315. The predicted octanol–water partition coefficient (Wildman–Crippen LogP) is 0.367. The molecule has 0 amide bonds. The summed E-state index contributed by atoms with van der Waals surface area (Å²) in [5.41, 5.74) is 5.40. The van der Waals surface area contributed by atoms with E-state index in [0.29, 0.717) is 0 Å². The third kappa shape index (κ3) is 2.37. The maximum Gasteiger partial charge on any atom is 0.156 e. The number of hydrogen-bond donors (Lipinski definition) is 3. The Morgan fingerprint density at radius 3 is 2.83 bits per heavy atom. The van der Waals surface area contributed by atoms with Crippen molar-refractivity contribution in [3.8, 4) is 0 Å². The first-order valence-corrected chi connectivity index (χ1v) is 4.36. The van der Waals surface area contributed by atoms with Crippen LogP contribution in [-0.2, 0) is 0 Å². The fourth-order valence-corrected chi connectivity index (χ4v) is 1.20. The lowest BCUT2D eigenvalue weighted by atomic mass is 10.3. The van der Waals surface area contributed by atoms with Crippen LogP contribution in [0.3, 0.4) is 0 Å². The summed E-state index contributed by atoms with van der Waals surface area (Å²) in [6.45, 7) is 5.10. The van der Waals surface area contributed by atoms with Gasteiger partial charge in [0.1, 0.15) is 0 Å². The van der Waals surface area contributed by atoms with Gasteiger partial charge in [-0.3, -0.25) is 0 Å². The van der Waals surface area contributed by atoms with Crippen molar-refractivity contribution in [1.82, 2.24) is 5.32 Å². The zero-order chi connectivity index (χ0) is 9.14. The molecule has 12 heavy (non-hydrogen) atoms. The lowest BCUT2D eigenvalue weighted by Crippen LogP contribution is -2.40. The quantitative estimate of drug-likeness (QED) is 0.248. The molecule has 1 aliphatic rings. The molecular formula is C8H17N3O. The largest absolute Gasteiger partial charge is 0.409 e. The standard InChI is InChI=1S/C8H17N3O/c1-5-3-7(5)4-10-6(2)8(9)11-12/h5-7,10,12H,3-4H2,1-2H3,(H2,9,11). The Morgan fingerprint density at radius 2 is 2.42 bits per heavy atom. The molecule has 0 aromatic rings. The third-order valence-electron chi connectivity index (χ3n) is 2.52. The monoisotopic (exact) mass is 171 g/mol. The second-order valence-electron chi connectivity index (χ2n) is 3.63. The zero-order valence-electron chi connectivity index (χ0n) is 7.62. The molecule has 0 heterocycles. The first-order chi connectivity index (χ1) is 5.65. The molecule has 1 saturated carbocycles. The van der Waals surface area contributed by atoms with Gasteiger partial charge in [0.15, 0.2) is 5.84 Å². The van der Waals surface area contributed by atoms with Crippen molar-refractivity contribution < 1.29 is 5.21 Å². The smallest absolute Gasteiger partial charge is 0.156 e. The van der Waals surface area contributed by atoms with Crippen LogP contribution < -0.4 is 11.1 Å². The SMILES string of the molecule is CC(NCC1CC1C)C(N)=NO. The van der Waals surface area contributed by atoms with Crippen LogP contribution in [0.5, 0.6) is 0 Å². The lowest BCUT2D eigenvalue weighted by Gasteiger charge is -2.10. The summed E-state index contributed by atoms with van der Waals surface area (Å²) < 4.78 is 0. The van der Waals surface area contributed by atoms with Crippen LogP contribution in [0, 0.1) is 11.8 Å². The summed E-state index contributed by atoms with van der Waals surface area (Å²) in [6.07, 6.45) is 1.30. The van der Waals surface area contributed by atoms with Gasteiger partial charge in [0.2, 0.25) is 0 Å². The number of oxime groups is 1. The number of nitrogens with one attached hydrogen (secondary N) is 1. The summed E-state index contributed by atoms with van der Waals surface area (Å²) in [7, 11) is 0. The van der Waals surface area contributed by atoms with Gasteiger partial charge in [0, 0.05) is 0 Å². The summed E-state index contributed by atoms with van der Waals surface area (Å²) >= 11 is 0. The Balaban J connectivity index is 2.14. The van der Waals surface area contributed by atoms with Crippen molar-refractivity contribution in [1.29, 1.82) is 0 Å². The van der Waals surface area contributed by atoms with Crippen LogP contribution >= 0.6 is 0 Å². The zero-order valence-corrected chi connectivity index (χ0v) is 7.62. The Bertz CT molecular complexity index is 181. The van der Waals surface area contributed by atoms with Gasteiger partial charge in [0.05, 0.1) is 6.04 Å². The fourth-order valence-electron chi connectivity index (χ4n) is 1.20. The molecule has 1 fully saturated rings. The highest BCUT2D eigenvalue weighted by molar-refractivity contribution is 5.84. The highest BCUT2D eigenvalue weighted by atomic mass is 16.4. The van der Waals surface area contributed by atoms with E-state index in [0.717, 1.165) is 18.4 Å². The number of nitrogens with two attached hydrogens (primary N) is 1. The maximum atomic E-state index is 8.36. The highest BCUT2D eigenvalue weighted by Crippen LogP contribution is 2.36. The summed E-state index contributed by atoms with van der Waals surface area (Å²) in [6, 6.07) is -0.0252. The first kappa shape index (κ1) is 9.32. The van der Waals surface area contributed by atoms with Gasteiger partial charge < -0.3 is 16.3 Å². The molecule has 3 unspecified atom stereocenters. The minimum absolute atomic E-state index is 0.0252. The van der Waals surface area contributed by atoms with Gasteiger partial charge in [-0.15, -0.1) is 0 Å². The van der Waals surface area contributed by atoms with Crippen molar-refractivity contribution >= 4 is 5.84 Å². The molecule has 0 aliphatic heterocycles. The van der Waals surface area contributed by atoms with Crippen molar-refractivity contribution in [3.05, 3.63) is 0 Å². The van der Waals surface area contributed by atoms with E-state index in [1.165, 1.54) is 6.42 Å². The first-order valence-electron chi connectivity index (χ1n) is 4.36. The summed E-state index contributed by atoms with van der Waals surface area (Å²) in [5.74, 6) is 1.89. The molecule has 4 N–H and O–H groups in total. The number of rotatable bonds is 4. The highest BCUT2D eigenvalue weighted by Gasteiger charge is 2.32. The van der Waals surface area contributed by atoms with Gasteiger partial charge in [-0.25, -0.2) is 0 Å².